The van der Waals surface area contributed by atoms with Crippen molar-refractivity contribution in [3.8, 4) is 11.5 Å². The molecule has 2 aliphatic heterocycles. The minimum absolute atomic E-state index is 0.132. The topological polar surface area (TPSA) is 85.4 Å². The molecule has 166 valence electrons. The summed E-state index contributed by atoms with van der Waals surface area (Å²) < 4.78 is 44.2. The average Bonchev–Trinajstić information content (AvgIpc) is 2.82. The van der Waals surface area contributed by atoms with Gasteiger partial charge in [0.25, 0.3) is 5.91 Å². The maximum atomic E-state index is 13.0. The second kappa shape index (κ2) is 9.25. The van der Waals surface area contributed by atoms with E-state index in [-0.39, 0.29) is 23.9 Å². The Bertz CT molecular complexity index is 1020. The van der Waals surface area contributed by atoms with E-state index in [1.165, 1.54) is 16.4 Å². The van der Waals surface area contributed by atoms with Crippen LogP contribution in [-0.2, 0) is 26.2 Å². The predicted molar refractivity (Wildman–Crippen MR) is 113 cm³/mol. The number of carbonyl (C=O) groups excluding carboxylic acids is 1. The van der Waals surface area contributed by atoms with Crippen LogP contribution in [0.5, 0.6) is 11.5 Å². The summed E-state index contributed by atoms with van der Waals surface area (Å²) in [6, 6.07) is 14.3. The van der Waals surface area contributed by atoms with Gasteiger partial charge in [-0.2, -0.15) is 4.31 Å². The molecule has 8 nitrogen and oxygen atoms in total. The SMILES string of the molecule is CC(OCc1ccccc1)C(=O)N1CCN(S(=O)(=O)c2ccc3c(c2)OCCO3)CC1. The Morgan fingerprint density at radius 1 is 1.00 bits per heavy atom. The molecule has 1 atom stereocenters. The van der Waals surface area contributed by atoms with Crippen molar-refractivity contribution >= 4 is 15.9 Å². The summed E-state index contributed by atoms with van der Waals surface area (Å²) in [5.41, 5.74) is 0.998. The maximum Gasteiger partial charge on any atom is 0.251 e. The number of piperazine rings is 1. The van der Waals surface area contributed by atoms with Crippen molar-refractivity contribution in [2.24, 2.45) is 0 Å². The Morgan fingerprint density at radius 2 is 1.68 bits per heavy atom. The van der Waals surface area contributed by atoms with Crippen LogP contribution in [0.15, 0.2) is 53.4 Å². The first kappa shape index (κ1) is 21.6. The van der Waals surface area contributed by atoms with Crippen LogP contribution in [0.4, 0.5) is 0 Å². The van der Waals surface area contributed by atoms with Gasteiger partial charge in [0.05, 0.1) is 11.5 Å². The number of benzene rings is 2. The van der Waals surface area contributed by atoms with Gasteiger partial charge in [-0.3, -0.25) is 4.79 Å². The zero-order chi connectivity index (χ0) is 21.8. The lowest BCUT2D eigenvalue weighted by Gasteiger charge is -2.35. The fraction of sp³-hybridized carbons (Fsp3) is 0.409. The molecule has 2 aliphatic rings. The van der Waals surface area contributed by atoms with Crippen LogP contribution in [-0.4, -0.2) is 69.0 Å². The number of carbonyl (C=O) groups is 1. The summed E-state index contributed by atoms with van der Waals surface area (Å²) in [6.45, 7) is 4.02. The third-order valence-corrected chi connectivity index (χ3v) is 7.29. The molecule has 0 saturated carbocycles. The van der Waals surface area contributed by atoms with Crippen LogP contribution < -0.4 is 9.47 Å². The normalized spacial score (nSPS) is 17.9. The van der Waals surface area contributed by atoms with Crippen molar-refractivity contribution in [1.29, 1.82) is 0 Å². The van der Waals surface area contributed by atoms with Gasteiger partial charge in [0.2, 0.25) is 10.0 Å². The van der Waals surface area contributed by atoms with Crippen LogP contribution in [0.3, 0.4) is 0 Å². The highest BCUT2D eigenvalue weighted by atomic mass is 32.2. The van der Waals surface area contributed by atoms with E-state index in [1.807, 2.05) is 30.3 Å². The smallest absolute Gasteiger partial charge is 0.251 e. The summed E-state index contributed by atoms with van der Waals surface area (Å²) in [5, 5.41) is 0. The molecule has 0 N–H and O–H groups in total. The van der Waals surface area contributed by atoms with E-state index in [0.717, 1.165) is 5.56 Å². The van der Waals surface area contributed by atoms with Gasteiger partial charge in [0.15, 0.2) is 11.5 Å². The summed E-state index contributed by atoms with van der Waals surface area (Å²) >= 11 is 0. The Hall–Kier alpha value is -2.62. The summed E-state index contributed by atoms with van der Waals surface area (Å²) in [4.78, 5) is 14.5. The number of amides is 1. The van der Waals surface area contributed by atoms with Gasteiger partial charge >= 0.3 is 0 Å². The Labute approximate surface area is 182 Å². The van der Waals surface area contributed by atoms with Crippen LogP contribution >= 0.6 is 0 Å². The molecule has 0 aliphatic carbocycles. The summed E-state index contributed by atoms with van der Waals surface area (Å²) in [6.07, 6.45) is -0.596. The Balaban J connectivity index is 1.33. The molecule has 2 heterocycles. The van der Waals surface area contributed by atoms with E-state index < -0.39 is 16.1 Å². The monoisotopic (exact) mass is 446 g/mol. The third-order valence-electron chi connectivity index (χ3n) is 5.39. The summed E-state index contributed by atoms with van der Waals surface area (Å²) in [7, 11) is -3.68. The highest BCUT2D eigenvalue weighted by Crippen LogP contribution is 2.33. The quantitative estimate of drug-likeness (QED) is 0.674. The third kappa shape index (κ3) is 4.84. The maximum absolute atomic E-state index is 13.0. The molecule has 31 heavy (non-hydrogen) atoms. The fourth-order valence-electron chi connectivity index (χ4n) is 3.61. The molecule has 0 spiro atoms. The second-order valence-electron chi connectivity index (χ2n) is 7.47. The molecule has 0 bridgehead atoms. The zero-order valence-electron chi connectivity index (χ0n) is 17.4. The molecule has 9 heteroatoms. The molecular formula is C22H26N2O6S. The van der Waals surface area contributed by atoms with Crippen LogP contribution in [0.1, 0.15) is 12.5 Å². The molecule has 1 amide bonds. The molecule has 2 aromatic carbocycles. The number of rotatable bonds is 6. The van der Waals surface area contributed by atoms with Crippen molar-refractivity contribution in [2.75, 3.05) is 39.4 Å². The molecule has 0 radical (unpaired) electrons. The predicted octanol–water partition coefficient (Wildman–Crippen LogP) is 1.90. The van der Waals surface area contributed by atoms with Crippen molar-refractivity contribution in [1.82, 2.24) is 9.21 Å². The first-order valence-electron chi connectivity index (χ1n) is 10.3. The van der Waals surface area contributed by atoms with Gasteiger partial charge in [-0.25, -0.2) is 8.42 Å². The molecule has 0 aromatic heterocycles. The van der Waals surface area contributed by atoms with Gasteiger partial charge < -0.3 is 19.1 Å². The van der Waals surface area contributed by atoms with Gasteiger partial charge in [0, 0.05) is 32.2 Å². The lowest BCUT2D eigenvalue weighted by Crippen LogP contribution is -2.52. The molecule has 1 unspecified atom stereocenters. The van der Waals surface area contributed by atoms with Gasteiger partial charge in [0.1, 0.15) is 19.3 Å². The van der Waals surface area contributed by atoms with E-state index in [2.05, 4.69) is 0 Å². The first-order valence-corrected chi connectivity index (χ1v) is 11.7. The Morgan fingerprint density at radius 3 is 2.39 bits per heavy atom. The Kier molecular flexibility index (Phi) is 6.45. The average molecular weight is 447 g/mol. The van der Waals surface area contributed by atoms with Crippen molar-refractivity contribution in [2.45, 2.75) is 24.5 Å². The summed E-state index contributed by atoms with van der Waals surface area (Å²) in [5.74, 6) is 0.850. The van der Waals surface area contributed by atoms with Crippen LogP contribution in [0.25, 0.3) is 0 Å². The molecule has 1 fully saturated rings. The second-order valence-corrected chi connectivity index (χ2v) is 9.41. The van der Waals surface area contributed by atoms with Crippen molar-refractivity contribution < 1.29 is 27.4 Å². The highest BCUT2D eigenvalue weighted by molar-refractivity contribution is 7.89. The van der Waals surface area contributed by atoms with Gasteiger partial charge in [-0.1, -0.05) is 30.3 Å². The number of hydrogen-bond acceptors (Lipinski definition) is 6. The number of hydrogen-bond donors (Lipinski definition) is 0. The standard InChI is InChI=1S/C22H26N2O6S/c1-17(30-16-18-5-3-2-4-6-18)22(25)23-9-11-24(12-10-23)31(26,27)19-7-8-20-21(15-19)29-14-13-28-20/h2-8,15,17H,9-14,16H2,1H3. The lowest BCUT2D eigenvalue weighted by molar-refractivity contribution is -0.144. The van der Waals surface area contributed by atoms with Crippen molar-refractivity contribution in [3.05, 3.63) is 54.1 Å². The van der Waals surface area contributed by atoms with Crippen LogP contribution in [0.2, 0.25) is 0 Å². The van der Waals surface area contributed by atoms with E-state index in [0.29, 0.717) is 44.4 Å². The van der Waals surface area contributed by atoms with Crippen LogP contribution in [0, 0.1) is 0 Å². The van der Waals surface area contributed by atoms with E-state index in [4.69, 9.17) is 14.2 Å². The minimum atomic E-state index is -3.68. The van der Waals surface area contributed by atoms with Gasteiger partial charge in [-0.05, 0) is 24.6 Å². The lowest BCUT2D eigenvalue weighted by atomic mass is 10.2. The zero-order valence-corrected chi connectivity index (χ0v) is 18.2. The fourth-order valence-corrected chi connectivity index (χ4v) is 5.04. The van der Waals surface area contributed by atoms with Crippen molar-refractivity contribution in [3.63, 3.8) is 0 Å². The van der Waals surface area contributed by atoms with E-state index in [1.54, 1.807) is 17.9 Å². The number of fused-ring (bicyclic) bond motifs is 1. The molecule has 1 saturated heterocycles. The van der Waals surface area contributed by atoms with Gasteiger partial charge in [-0.15, -0.1) is 0 Å². The number of sulfonamides is 1. The van der Waals surface area contributed by atoms with E-state index in [9.17, 15) is 13.2 Å². The highest BCUT2D eigenvalue weighted by Gasteiger charge is 2.32. The molecule has 4 rings (SSSR count). The minimum Gasteiger partial charge on any atom is -0.486 e. The first-order chi connectivity index (χ1) is 14.9. The van der Waals surface area contributed by atoms with E-state index >= 15 is 0 Å². The number of nitrogens with zero attached hydrogens (tertiary/aromatic N) is 2. The largest absolute Gasteiger partial charge is 0.486 e. The molecular weight excluding hydrogens is 420 g/mol. The molecule has 2 aromatic rings. The number of ether oxygens (including phenoxy) is 3.